The van der Waals surface area contributed by atoms with Crippen molar-refractivity contribution in [2.45, 2.75) is 52.7 Å². The second kappa shape index (κ2) is 10.2. The van der Waals surface area contributed by atoms with Crippen molar-refractivity contribution in [2.24, 2.45) is 0 Å². The van der Waals surface area contributed by atoms with E-state index in [-0.39, 0.29) is 38.5 Å². The van der Waals surface area contributed by atoms with Crippen LogP contribution in [-0.2, 0) is 47.0 Å². The molecule has 0 bridgehead atoms. The van der Waals surface area contributed by atoms with Gasteiger partial charge in [-0.3, -0.25) is 4.79 Å². The number of imide groups is 1. The molecule has 0 aliphatic heterocycles. The maximum atomic E-state index is 12.8. The number of benzene rings is 1. The van der Waals surface area contributed by atoms with E-state index in [1.807, 2.05) is 0 Å². The summed E-state index contributed by atoms with van der Waals surface area (Å²) in [4.78, 5) is 37.1. The summed E-state index contributed by atoms with van der Waals surface area (Å²) in [5, 5.41) is 20.2. The minimum Gasteiger partial charge on any atom is -0.510 e. The molecule has 2 N–H and O–H groups in total. The number of fused-ring (bicyclic) bond motifs is 1. The van der Waals surface area contributed by atoms with Crippen LogP contribution >= 0.6 is 0 Å². The van der Waals surface area contributed by atoms with Gasteiger partial charge >= 0.3 is 12.2 Å². The first kappa shape index (κ1) is 26.6. The van der Waals surface area contributed by atoms with E-state index in [1.54, 1.807) is 59.7 Å². The standard InChI is InChI=1S/C20H25N4O6.Y/c1-19(2,3)29-17(27)24(18(28)30-20(4,5)6)16-14-8-7-13(21-11-15(25)26)9-12(14)10-22-23-16;/h7-11,21H,1-6H3,(H,25,26);/q-1;. The minimum atomic E-state index is -1.13. The van der Waals surface area contributed by atoms with Crippen molar-refractivity contribution in [2.75, 3.05) is 10.2 Å². The van der Waals surface area contributed by atoms with Crippen LogP contribution in [0.3, 0.4) is 0 Å². The SMILES string of the molecule is CC(C)(C)OC(=O)N(C(=O)OC(C)(C)C)c1nncc2cc(N[CH-]C(=O)O)ccc12.[Y]. The summed E-state index contributed by atoms with van der Waals surface area (Å²) in [7, 11) is 0. The summed E-state index contributed by atoms with van der Waals surface area (Å²) in [6.45, 7) is 10.9. The van der Waals surface area contributed by atoms with E-state index >= 15 is 0 Å². The number of aliphatic carboxylic acids is 1. The summed E-state index contributed by atoms with van der Waals surface area (Å²) in [6, 6.07) is 4.77. The molecule has 2 rings (SSSR count). The number of aromatic nitrogens is 2. The van der Waals surface area contributed by atoms with E-state index in [4.69, 9.17) is 14.6 Å². The van der Waals surface area contributed by atoms with E-state index in [2.05, 4.69) is 15.5 Å². The number of rotatable bonds is 4. The first-order chi connectivity index (χ1) is 13.8. The monoisotopic (exact) mass is 506 g/mol. The van der Waals surface area contributed by atoms with Gasteiger partial charge in [-0.05, 0) is 59.7 Å². The Morgan fingerprint density at radius 1 is 1.03 bits per heavy atom. The van der Waals surface area contributed by atoms with Crippen LogP contribution in [0.1, 0.15) is 41.5 Å². The van der Waals surface area contributed by atoms with E-state index < -0.39 is 29.4 Å². The van der Waals surface area contributed by atoms with Gasteiger partial charge in [0.1, 0.15) is 11.2 Å². The van der Waals surface area contributed by atoms with Crippen LogP contribution in [-0.4, -0.2) is 44.7 Å². The Kier molecular flexibility index (Phi) is 8.78. The average Bonchev–Trinajstić information content (AvgIpc) is 2.56. The molecule has 11 heteroatoms. The molecule has 1 aromatic heterocycles. The van der Waals surface area contributed by atoms with Gasteiger partial charge in [0, 0.05) is 49.2 Å². The maximum absolute atomic E-state index is 12.8. The Labute approximate surface area is 205 Å². The molecule has 10 nitrogen and oxygen atoms in total. The van der Waals surface area contributed by atoms with Gasteiger partial charge in [0.15, 0.2) is 11.8 Å². The summed E-state index contributed by atoms with van der Waals surface area (Å²) in [6.07, 6.45) is -0.493. The fourth-order valence-corrected chi connectivity index (χ4v) is 2.34. The molecule has 165 valence electrons. The van der Waals surface area contributed by atoms with Gasteiger partial charge in [-0.1, -0.05) is 0 Å². The molecule has 0 unspecified atom stereocenters. The third-order valence-corrected chi connectivity index (χ3v) is 3.37. The Morgan fingerprint density at radius 2 is 1.58 bits per heavy atom. The number of carboxylic acid groups (broad SMARTS) is 1. The molecule has 0 aliphatic rings. The van der Waals surface area contributed by atoms with Crippen LogP contribution in [0.2, 0.25) is 0 Å². The first-order valence-electron chi connectivity index (χ1n) is 9.11. The molecule has 0 saturated carbocycles. The zero-order valence-electron chi connectivity index (χ0n) is 18.3. The summed E-state index contributed by atoms with van der Waals surface area (Å²) < 4.78 is 10.7. The number of ether oxygens (including phenoxy) is 2. The molecule has 0 fully saturated rings. The third kappa shape index (κ3) is 7.95. The Bertz CT molecular complexity index is 940. The van der Waals surface area contributed by atoms with Crippen LogP contribution in [0, 0.1) is 6.54 Å². The fourth-order valence-electron chi connectivity index (χ4n) is 2.34. The van der Waals surface area contributed by atoms with Crippen molar-refractivity contribution in [1.29, 1.82) is 0 Å². The number of carbonyl (C=O) groups is 3. The smallest absolute Gasteiger partial charge is 0.425 e. The van der Waals surface area contributed by atoms with Crippen molar-refractivity contribution in [3.05, 3.63) is 30.9 Å². The summed E-state index contributed by atoms with van der Waals surface area (Å²) in [5.41, 5.74) is -1.25. The van der Waals surface area contributed by atoms with E-state index in [9.17, 15) is 14.4 Å². The zero-order valence-corrected chi connectivity index (χ0v) is 21.1. The maximum Gasteiger partial charge on any atom is 0.425 e. The third-order valence-electron chi connectivity index (χ3n) is 3.37. The van der Waals surface area contributed by atoms with Crippen molar-refractivity contribution in [3.8, 4) is 0 Å². The van der Waals surface area contributed by atoms with Gasteiger partial charge in [-0.25, -0.2) is 16.1 Å². The molecule has 1 aromatic carbocycles. The molecule has 2 aromatic rings. The molecule has 1 radical (unpaired) electrons. The number of carboxylic acids is 1. The van der Waals surface area contributed by atoms with Crippen LogP contribution in [0.5, 0.6) is 0 Å². The number of amides is 2. The molecule has 0 atom stereocenters. The molecular formula is C20H25N4O6Y-. The van der Waals surface area contributed by atoms with E-state index in [0.717, 1.165) is 6.54 Å². The Balaban J connectivity index is 0.00000480. The molecular weight excluding hydrogens is 481 g/mol. The predicted molar refractivity (Wildman–Crippen MR) is 110 cm³/mol. The molecule has 0 aliphatic carbocycles. The number of hydrogen-bond acceptors (Lipinski definition) is 8. The van der Waals surface area contributed by atoms with Crippen LogP contribution in [0.15, 0.2) is 24.4 Å². The van der Waals surface area contributed by atoms with Crippen molar-refractivity contribution >= 4 is 40.4 Å². The van der Waals surface area contributed by atoms with E-state index in [1.165, 1.54) is 6.20 Å². The largest absolute Gasteiger partial charge is 0.510 e. The molecule has 1 heterocycles. The number of nitrogens with zero attached hydrogens (tertiary/aromatic N) is 3. The normalized spacial score (nSPS) is 11.2. The second-order valence-electron chi connectivity index (χ2n) is 8.39. The summed E-state index contributed by atoms with van der Waals surface area (Å²) >= 11 is 0. The number of nitrogens with one attached hydrogen (secondary N) is 1. The van der Waals surface area contributed by atoms with Gasteiger partial charge in [-0.15, -0.1) is 5.10 Å². The fraction of sp³-hybridized carbons (Fsp3) is 0.400. The minimum absolute atomic E-state index is 0. The van der Waals surface area contributed by atoms with Gasteiger partial charge in [0.05, 0.1) is 6.20 Å². The van der Waals surface area contributed by atoms with Crippen LogP contribution in [0.25, 0.3) is 10.8 Å². The van der Waals surface area contributed by atoms with Gasteiger partial charge in [0.25, 0.3) is 0 Å². The van der Waals surface area contributed by atoms with Gasteiger partial charge in [-0.2, -0.15) is 10.00 Å². The topological polar surface area (TPSA) is 131 Å². The Morgan fingerprint density at radius 3 is 2.06 bits per heavy atom. The second-order valence-corrected chi connectivity index (χ2v) is 8.39. The van der Waals surface area contributed by atoms with Gasteiger partial charge < -0.3 is 19.9 Å². The Hall–Kier alpha value is -2.46. The zero-order chi connectivity index (χ0) is 22.7. The molecule has 2 amide bonds. The molecule has 31 heavy (non-hydrogen) atoms. The first-order valence-corrected chi connectivity index (χ1v) is 9.11. The molecule has 0 spiro atoms. The predicted octanol–water partition coefficient (Wildman–Crippen LogP) is 3.96. The van der Waals surface area contributed by atoms with E-state index in [0.29, 0.717) is 21.4 Å². The van der Waals surface area contributed by atoms with Crippen molar-refractivity contribution in [1.82, 2.24) is 10.2 Å². The van der Waals surface area contributed by atoms with Gasteiger partial charge in [0.2, 0.25) is 0 Å². The van der Waals surface area contributed by atoms with Crippen LogP contribution in [0.4, 0.5) is 21.1 Å². The summed E-state index contributed by atoms with van der Waals surface area (Å²) in [5.74, 6) is -1.20. The number of anilines is 2. The van der Waals surface area contributed by atoms with Crippen molar-refractivity contribution < 1.29 is 61.7 Å². The van der Waals surface area contributed by atoms with Crippen molar-refractivity contribution in [3.63, 3.8) is 0 Å². The number of carbonyl (C=O) groups excluding carboxylic acids is 2. The average molecular weight is 506 g/mol. The molecule has 0 saturated heterocycles. The van der Waals surface area contributed by atoms with Crippen LogP contribution < -0.4 is 10.2 Å². The quantitative estimate of drug-likeness (QED) is 0.592. The number of hydrogen-bond donors (Lipinski definition) is 2.